The number of carbonyl (C=O) groups excluding carboxylic acids is 1. The van der Waals surface area contributed by atoms with Crippen LogP contribution in [0.25, 0.3) is 0 Å². The van der Waals surface area contributed by atoms with E-state index >= 15 is 0 Å². The van der Waals surface area contributed by atoms with Crippen LogP contribution in [0.4, 0.5) is 4.39 Å². The van der Waals surface area contributed by atoms with Gasteiger partial charge < -0.3 is 10.1 Å². The van der Waals surface area contributed by atoms with Crippen molar-refractivity contribution in [3.63, 3.8) is 0 Å². The number of methoxy groups -OCH3 is 1. The smallest absolute Gasteiger partial charge is 0.252 e. The number of amides is 1. The van der Waals surface area contributed by atoms with E-state index in [0.717, 1.165) is 17.1 Å². The number of pyridine rings is 1. The summed E-state index contributed by atoms with van der Waals surface area (Å²) >= 11 is 1.63. The molecule has 1 aromatic heterocycles. The molecular formula is C16H17FN2O2S. The van der Waals surface area contributed by atoms with Gasteiger partial charge in [-0.1, -0.05) is 0 Å². The number of aromatic nitrogens is 1. The number of rotatable bonds is 7. The Morgan fingerprint density at radius 2 is 2.05 bits per heavy atom. The number of ether oxygens (including phenoxy) is 1. The zero-order valence-electron chi connectivity index (χ0n) is 12.2. The van der Waals surface area contributed by atoms with Crippen LogP contribution in [0.15, 0.2) is 47.5 Å². The third-order valence-electron chi connectivity index (χ3n) is 2.90. The van der Waals surface area contributed by atoms with Crippen LogP contribution in [0.1, 0.15) is 16.8 Å². The maximum absolute atomic E-state index is 12.8. The SMILES string of the molecule is COc1ccc(C(=O)NCCCSc2ccc(F)cc2)cn1. The molecule has 0 aliphatic rings. The first-order valence-corrected chi connectivity index (χ1v) is 7.84. The van der Waals surface area contributed by atoms with Crippen LogP contribution in [0.3, 0.4) is 0 Å². The molecule has 116 valence electrons. The summed E-state index contributed by atoms with van der Waals surface area (Å²) in [7, 11) is 1.53. The molecule has 2 rings (SSSR count). The second-order valence-electron chi connectivity index (χ2n) is 4.50. The summed E-state index contributed by atoms with van der Waals surface area (Å²) in [5.74, 6) is 0.950. The third kappa shape index (κ3) is 5.04. The summed E-state index contributed by atoms with van der Waals surface area (Å²) in [6, 6.07) is 9.72. The first kappa shape index (κ1) is 16.3. The Morgan fingerprint density at radius 1 is 1.27 bits per heavy atom. The van der Waals surface area contributed by atoms with Crippen molar-refractivity contribution in [2.75, 3.05) is 19.4 Å². The lowest BCUT2D eigenvalue weighted by molar-refractivity contribution is 0.0953. The van der Waals surface area contributed by atoms with E-state index < -0.39 is 0 Å². The average molecular weight is 320 g/mol. The average Bonchev–Trinajstić information content (AvgIpc) is 2.56. The van der Waals surface area contributed by atoms with Crippen LogP contribution in [0.2, 0.25) is 0 Å². The van der Waals surface area contributed by atoms with Gasteiger partial charge in [-0.15, -0.1) is 11.8 Å². The minimum absolute atomic E-state index is 0.151. The number of carbonyl (C=O) groups is 1. The fourth-order valence-corrected chi connectivity index (χ4v) is 2.59. The summed E-state index contributed by atoms with van der Waals surface area (Å²) in [5.41, 5.74) is 0.506. The molecule has 4 nitrogen and oxygen atoms in total. The van der Waals surface area contributed by atoms with E-state index in [0.29, 0.717) is 18.0 Å². The molecule has 0 atom stereocenters. The molecule has 1 N–H and O–H groups in total. The molecule has 0 saturated heterocycles. The molecular weight excluding hydrogens is 303 g/mol. The fourth-order valence-electron chi connectivity index (χ4n) is 1.73. The Hall–Kier alpha value is -2.08. The van der Waals surface area contributed by atoms with Gasteiger partial charge in [0.2, 0.25) is 5.88 Å². The maximum Gasteiger partial charge on any atom is 0.252 e. The molecule has 22 heavy (non-hydrogen) atoms. The lowest BCUT2D eigenvalue weighted by Gasteiger charge is -2.06. The van der Waals surface area contributed by atoms with E-state index in [1.165, 1.54) is 25.4 Å². The first-order chi connectivity index (χ1) is 10.7. The number of nitrogens with zero attached hydrogens (tertiary/aromatic N) is 1. The molecule has 0 saturated carbocycles. The number of thioether (sulfide) groups is 1. The van der Waals surface area contributed by atoms with Gasteiger partial charge in [0.25, 0.3) is 5.91 Å². The molecule has 0 aliphatic carbocycles. The van der Waals surface area contributed by atoms with E-state index in [1.807, 2.05) is 0 Å². The molecule has 0 unspecified atom stereocenters. The number of hydrogen-bond donors (Lipinski definition) is 1. The van der Waals surface area contributed by atoms with Crippen molar-refractivity contribution in [2.24, 2.45) is 0 Å². The zero-order valence-corrected chi connectivity index (χ0v) is 13.0. The Balaban J connectivity index is 1.67. The van der Waals surface area contributed by atoms with Gasteiger partial charge >= 0.3 is 0 Å². The highest BCUT2D eigenvalue weighted by atomic mass is 32.2. The van der Waals surface area contributed by atoms with E-state index in [2.05, 4.69) is 10.3 Å². The van der Waals surface area contributed by atoms with Crippen LogP contribution in [0, 0.1) is 5.82 Å². The number of hydrogen-bond acceptors (Lipinski definition) is 4. The molecule has 0 radical (unpaired) electrons. The Bertz CT molecular complexity index is 603. The highest BCUT2D eigenvalue weighted by Gasteiger charge is 2.05. The number of nitrogens with one attached hydrogen (secondary N) is 1. The van der Waals surface area contributed by atoms with Crippen molar-refractivity contribution in [3.05, 3.63) is 54.0 Å². The van der Waals surface area contributed by atoms with Crippen LogP contribution in [-0.4, -0.2) is 30.3 Å². The van der Waals surface area contributed by atoms with Crippen molar-refractivity contribution in [1.82, 2.24) is 10.3 Å². The molecule has 6 heteroatoms. The molecule has 1 amide bonds. The second kappa shape index (κ2) is 8.38. The summed E-state index contributed by atoms with van der Waals surface area (Å²) in [5, 5.41) is 2.84. The van der Waals surface area contributed by atoms with Crippen molar-refractivity contribution in [3.8, 4) is 5.88 Å². The second-order valence-corrected chi connectivity index (χ2v) is 5.67. The quantitative estimate of drug-likeness (QED) is 0.629. The van der Waals surface area contributed by atoms with Gasteiger partial charge in [-0.25, -0.2) is 9.37 Å². The van der Waals surface area contributed by atoms with Gasteiger partial charge in [-0.3, -0.25) is 4.79 Å². The number of benzene rings is 1. The summed E-state index contributed by atoms with van der Waals surface area (Å²) < 4.78 is 17.7. The first-order valence-electron chi connectivity index (χ1n) is 6.85. The molecule has 1 heterocycles. The van der Waals surface area contributed by atoms with Gasteiger partial charge in [-0.05, 0) is 42.5 Å². The van der Waals surface area contributed by atoms with Crippen molar-refractivity contribution in [2.45, 2.75) is 11.3 Å². The zero-order chi connectivity index (χ0) is 15.8. The largest absolute Gasteiger partial charge is 0.481 e. The summed E-state index contributed by atoms with van der Waals surface area (Å²) in [6.45, 7) is 0.582. The minimum Gasteiger partial charge on any atom is -0.481 e. The van der Waals surface area contributed by atoms with E-state index in [4.69, 9.17) is 4.74 Å². The van der Waals surface area contributed by atoms with E-state index in [9.17, 15) is 9.18 Å². The van der Waals surface area contributed by atoms with Gasteiger partial charge in [-0.2, -0.15) is 0 Å². The van der Waals surface area contributed by atoms with Crippen molar-refractivity contribution in [1.29, 1.82) is 0 Å². The Labute approximate surface area is 133 Å². The molecule has 0 spiro atoms. The van der Waals surface area contributed by atoms with Gasteiger partial charge in [0, 0.05) is 23.7 Å². The van der Waals surface area contributed by atoms with Crippen LogP contribution < -0.4 is 10.1 Å². The standard InChI is InChI=1S/C16H17FN2O2S/c1-21-15-8-3-12(11-19-15)16(20)18-9-2-10-22-14-6-4-13(17)5-7-14/h3-8,11H,2,9-10H2,1H3,(H,18,20). The van der Waals surface area contributed by atoms with Gasteiger partial charge in [0.15, 0.2) is 0 Å². The normalized spacial score (nSPS) is 10.3. The molecule has 2 aromatic rings. The Morgan fingerprint density at radius 3 is 2.68 bits per heavy atom. The fraction of sp³-hybridized carbons (Fsp3) is 0.250. The molecule has 0 bridgehead atoms. The minimum atomic E-state index is -0.232. The molecule has 0 fully saturated rings. The molecule has 0 aliphatic heterocycles. The monoisotopic (exact) mass is 320 g/mol. The summed E-state index contributed by atoms with van der Waals surface area (Å²) in [4.78, 5) is 16.9. The maximum atomic E-state index is 12.8. The van der Waals surface area contributed by atoms with Crippen molar-refractivity contribution >= 4 is 17.7 Å². The summed E-state index contributed by atoms with van der Waals surface area (Å²) in [6.07, 6.45) is 2.32. The topological polar surface area (TPSA) is 51.2 Å². The predicted octanol–water partition coefficient (Wildman–Crippen LogP) is 3.14. The van der Waals surface area contributed by atoms with Gasteiger partial charge in [0.05, 0.1) is 12.7 Å². The molecule has 1 aromatic carbocycles. The van der Waals surface area contributed by atoms with Gasteiger partial charge in [0.1, 0.15) is 5.82 Å². The number of halogens is 1. The lowest BCUT2D eigenvalue weighted by atomic mass is 10.2. The van der Waals surface area contributed by atoms with E-state index in [-0.39, 0.29) is 11.7 Å². The van der Waals surface area contributed by atoms with Crippen LogP contribution >= 0.6 is 11.8 Å². The van der Waals surface area contributed by atoms with Crippen LogP contribution in [0.5, 0.6) is 5.88 Å². The highest BCUT2D eigenvalue weighted by Crippen LogP contribution is 2.18. The van der Waals surface area contributed by atoms with Crippen molar-refractivity contribution < 1.29 is 13.9 Å². The Kier molecular flexibility index (Phi) is 6.21. The third-order valence-corrected chi connectivity index (χ3v) is 4.00. The van der Waals surface area contributed by atoms with Crippen LogP contribution in [-0.2, 0) is 0 Å². The predicted molar refractivity (Wildman–Crippen MR) is 84.9 cm³/mol. The lowest BCUT2D eigenvalue weighted by Crippen LogP contribution is -2.24. The highest BCUT2D eigenvalue weighted by molar-refractivity contribution is 7.99. The van der Waals surface area contributed by atoms with E-state index in [1.54, 1.807) is 36.0 Å².